The average molecular weight is 236 g/mol. The fourth-order valence-corrected chi connectivity index (χ4v) is 1.41. The number of nitrogens with one attached hydrogen (secondary N) is 1. The molecule has 0 saturated heterocycles. The number of amides is 2. The number of ether oxygens (including phenoxy) is 1. The topological polar surface area (TPSA) is 81.4 Å². The van der Waals surface area contributed by atoms with E-state index in [4.69, 9.17) is 10.5 Å². The quantitative estimate of drug-likeness (QED) is 0.763. The first-order valence-corrected chi connectivity index (χ1v) is 5.21. The predicted octanol–water partition coefficient (Wildman–Crippen LogP) is 0.148. The molecule has 0 aliphatic carbocycles. The molecule has 0 aliphatic heterocycles. The second kappa shape index (κ2) is 5.89. The van der Waals surface area contributed by atoms with Crippen LogP contribution in [0.25, 0.3) is 0 Å². The number of rotatable bonds is 5. The summed E-state index contributed by atoms with van der Waals surface area (Å²) in [4.78, 5) is 21.9. The number of aryl methyl sites for hydroxylation is 1. The Morgan fingerprint density at radius 2 is 2.12 bits per heavy atom. The summed E-state index contributed by atoms with van der Waals surface area (Å²) in [6, 6.07) is 5.54. The van der Waals surface area contributed by atoms with Gasteiger partial charge < -0.3 is 15.8 Å². The number of methoxy groups -OCH3 is 1. The van der Waals surface area contributed by atoms with Gasteiger partial charge in [0.25, 0.3) is 0 Å². The third-order valence-electron chi connectivity index (χ3n) is 2.30. The number of hydrogen-bond donors (Lipinski definition) is 2. The van der Waals surface area contributed by atoms with E-state index in [-0.39, 0.29) is 18.9 Å². The summed E-state index contributed by atoms with van der Waals surface area (Å²) < 4.78 is 5.16. The van der Waals surface area contributed by atoms with Crippen molar-refractivity contribution in [2.45, 2.75) is 13.3 Å². The molecule has 0 atom stereocenters. The highest BCUT2D eigenvalue weighted by molar-refractivity contribution is 5.84. The first-order chi connectivity index (χ1) is 8.02. The summed E-state index contributed by atoms with van der Waals surface area (Å²) in [5.74, 6) is -0.0558. The molecular formula is C12H16N2O3. The van der Waals surface area contributed by atoms with Crippen LogP contribution in [0.4, 0.5) is 0 Å². The average Bonchev–Trinajstić information content (AvgIpc) is 2.29. The zero-order chi connectivity index (χ0) is 12.8. The molecule has 0 bridgehead atoms. The largest absolute Gasteiger partial charge is 0.496 e. The van der Waals surface area contributed by atoms with E-state index in [1.165, 1.54) is 0 Å². The van der Waals surface area contributed by atoms with Crippen molar-refractivity contribution in [1.82, 2.24) is 5.32 Å². The van der Waals surface area contributed by atoms with Gasteiger partial charge in [0.05, 0.1) is 20.1 Å². The van der Waals surface area contributed by atoms with Gasteiger partial charge in [0, 0.05) is 0 Å². The predicted molar refractivity (Wildman–Crippen MR) is 63.6 cm³/mol. The van der Waals surface area contributed by atoms with Crippen LogP contribution >= 0.6 is 0 Å². The van der Waals surface area contributed by atoms with Crippen molar-refractivity contribution in [1.29, 1.82) is 0 Å². The zero-order valence-corrected chi connectivity index (χ0v) is 9.95. The van der Waals surface area contributed by atoms with E-state index in [1.807, 2.05) is 19.1 Å². The van der Waals surface area contributed by atoms with Gasteiger partial charge in [-0.2, -0.15) is 0 Å². The maximum atomic E-state index is 11.4. The fourth-order valence-electron chi connectivity index (χ4n) is 1.41. The van der Waals surface area contributed by atoms with Gasteiger partial charge in [-0.05, 0) is 24.1 Å². The lowest BCUT2D eigenvalue weighted by molar-refractivity contribution is -0.124. The van der Waals surface area contributed by atoms with Crippen molar-refractivity contribution >= 4 is 11.8 Å². The zero-order valence-electron chi connectivity index (χ0n) is 9.95. The Labute approximate surface area is 99.9 Å². The van der Waals surface area contributed by atoms with Gasteiger partial charge >= 0.3 is 0 Å². The lowest BCUT2D eigenvalue weighted by atomic mass is 10.1. The molecule has 0 aromatic heterocycles. The second-order valence-electron chi connectivity index (χ2n) is 3.72. The van der Waals surface area contributed by atoms with Crippen LogP contribution in [0.15, 0.2) is 18.2 Å². The molecule has 0 unspecified atom stereocenters. The van der Waals surface area contributed by atoms with Crippen LogP contribution in [0.2, 0.25) is 0 Å². The summed E-state index contributed by atoms with van der Waals surface area (Å²) in [5.41, 5.74) is 6.76. The lowest BCUT2D eigenvalue weighted by Gasteiger charge is -2.07. The highest BCUT2D eigenvalue weighted by Gasteiger charge is 2.06. The highest BCUT2D eigenvalue weighted by atomic mass is 16.5. The minimum absolute atomic E-state index is 0.137. The smallest absolute Gasteiger partial charge is 0.236 e. The number of nitrogens with two attached hydrogens (primary N) is 1. The second-order valence-corrected chi connectivity index (χ2v) is 3.72. The van der Waals surface area contributed by atoms with E-state index in [9.17, 15) is 9.59 Å². The standard InChI is InChI=1S/C12H16N2O3/c1-8-3-4-9(5-10(8)17-2)6-12(16)14-7-11(13)15/h3-5H,6-7H2,1-2H3,(H2,13,15)(H,14,16). The van der Waals surface area contributed by atoms with E-state index < -0.39 is 5.91 Å². The number of hydrogen-bond acceptors (Lipinski definition) is 3. The third-order valence-corrected chi connectivity index (χ3v) is 2.30. The van der Waals surface area contributed by atoms with Crippen LogP contribution in [-0.4, -0.2) is 25.5 Å². The Balaban J connectivity index is 2.62. The van der Waals surface area contributed by atoms with Crippen molar-refractivity contribution in [2.24, 2.45) is 5.73 Å². The fraction of sp³-hybridized carbons (Fsp3) is 0.333. The monoisotopic (exact) mass is 236 g/mol. The van der Waals surface area contributed by atoms with Crippen LogP contribution in [0.5, 0.6) is 5.75 Å². The molecule has 3 N–H and O–H groups in total. The molecule has 0 saturated carbocycles. The minimum Gasteiger partial charge on any atom is -0.496 e. The molecule has 1 aromatic carbocycles. The van der Waals surface area contributed by atoms with E-state index in [0.29, 0.717) is 0 Å². The number of primary amides is 1. The Hall–Kier alpha value is -2.04. The van der Waals surface area contributed by atoms with Gasteiger partial charge in [0.1, 0.15) is 5.75 Å². The first kappa shape index (κ1) is 13.0. The van der Waals surface area contributed by atoms with E-state index in [1.54, 1.807) is 13.2 Å². The Morgan fingerprint density at radius 3 is 2.71 bits per heavy atom. The van der Waals surface area contributed by atoms with Crippen molar-refractivity contribution in [3.8, 4) is 5.75 Å². The van der Waals surface area contributed by atoms with E-state index in [0.717, 1.165) is 16.9 Å². The molecule has 2 amide bonds. The first-order valence-electron chi connectivity index (χ1n) is 5.21. The van der Waals surface area contributed by atoms with Crippen LogP contribution < -0.4 is 15.8 Å². The highest BCUT2D eigenvalue weighted by Crippen LogP contribution is 2.19. The molecule has 5 nitrogen and oxygen atoms in total. The Kier molecular flexibility index (Phi) is 4.51. The molecule has 17 heavy (non-hydrogen) atoms. The van der Waals surface area contributed by atoms with Gasteiger partial charge in [-0.25, -0.2) is 0 Å². The number of carbonyl (C=O) groups excluding carboxylic acids is 2. The minimum atomic E-state index is -0.556. The molecule has 5 heteroatoms. The lowest BCUT2D eigenvalue weighted by Crippen LogP contribution is -2.34. The molecule has 1 rings (SSSR count). The van der Waals surface area contributed by atoms with Gasteiger partial charge in [-0.1, -0.05) is 12.1 Å². The molecule has 1 aromatic rings. The Bertz CT molecular complexity index is 430. The molecule has 0 spiro atoms. The van der Waals surface area contributed by atoms with E-state index in [2.05, 4.69) is 5.32 Å². The Morgan fingerprint density at radius 1 is 1.41 bits per heavy atom. The van der Waals surface area contributed by atoms with Crippen molar-refractivity contribution in [3.05, 3.63) is 29.3 Å². The van der Waals surface area contributed by atoms with Crippen LogP contribution in [0.3, 0.4) is 0 Å². The van der Waals surface area contributed by atoms with Crippen molar-refractivity contribution in [2.75, 3.05) is 13.7 Å². The summed E-state index contributed by atoms with van der Waals surface area (Å²) in [6.07, 6.45) is 0.198. The van der Waals surface area contributed by atoms with Crippen LogP contribution in [0.1, 0.15) is 11.1 Å². The summed E-state index contributed by atoms with van der Waals surface area (Å²) in [7, 11) is 1.58. The summed E-state index contributed by atoms with van der Waals surface area (Å²) in [5, 5.41) is 2.43. The number of benzene rings is 1. The summed E-state index contributed by atoms with van der Waals surface area (Å²) in [6.45, 7) is 1.79. The SMILES string of the molecule is COc1cc(CC(=O)NCC(N)=O)ccc1C. The van der Waals surface area contributed by atoms with Crippen LogP contribution in [-0.2, 0) is 16.0 Å². The van der Waals surface area contributed by atoms with Gasteiger partial charge in [-0.15, -0.1) is 0 Å². The molecule has 0 radical (unpaired) electrons. The van der Waals surface area contributed by atoms with Gasteiger partial charge in [0.15, 0.2) is 0 Å². The summed E-state index contributed by atoms with van der Waals surface area (Å²) >= 11 is 0. The number of carbonyl (C=O) groups is 2. The molecule has 92 valence electrons. The van der Waals surface area contributed by atoms with Crippen molar-refractivity contribution < 1.29 is 14.3 Å². The molecular weight excluding hydrogens is 220 g/mol. The van der Waals surface area contributed by atoms with Gasteiger partial charge in [-0.3, -0.25) is 9.59 Å². The van der Waals surface area contributed by atoms with E-state index >= 15 is 0 Å². The third kappa shape index (κ3) is 4.14. The normalized spacial score (nSPS) is 9.76. The molecule has 0 aliphatic rings. The molecule has 0 heterocycles. The maximum Gasteiger partial charge on any atom is 0.236 e. The maximum absolute atomic E-state index is 11.4. The molecule has 0 fully saturated rings. The van der Waals surface area contributed by atoms with Gasteiger partial charge in [0.2, 0.25) is 11.8 Å². The van der Waals surface area contributed by atoms with Crippen LogP contribution in [0, 0.1) is 6.92 Å². The van der Waals surface area contributed by atoms with Crippen molar-refractivity contribution in [3.63, 3.8) is 0 Å².